The van der Waals surface area contributed by atoms with Crippen molar-refractivity contribution in [1.29, 1.82) is 0 Å². The molecule has 0 aromatic heterocycles. The van der Waals surface area contributed by atoms with Crippen molar-refractivity contribution in [3.63, 3.8) is 0 Å². The summed E-state index contributed by atoms with van der Waals surface area (Å²) in [5, 5.41) is 0.441. The van der Waals surface area contributed by atoms with Crippen LogP contribution in [0.5, 0.6) is 11.5 Å². The van der Waals surface area contributed by atoms with Crippen LogP contribution >= 0.6 is 34.2 Å². The molecule has 1 aliphatic rings. The highest BCUT2D eigenvalue weighted by atomic mass is 127. The van der Waals surface area contributed by atoms with Crippen LogP contribution in [0, 0.1) is 9.39 Å². The van der Waals surface area contributed by atoms with Crippen LogP contribution in [0.2, 0.25) is 5.02 Å². The average molecular weight is 564 g/mol. The second kappa shape index (κ2) is 9.70. The Morgan fingerprint density at radius 1 is 1.16 bits per heavy atom. The summed E-state index contributed by atoms with van der Waals surface area (Å²) in [4.78, 5) is 16.6. The molecule has 0 fully saturated rings. The van der Waals surface area contributed by atoms with Gasteiger partial charge in [0.1, 0.15) is 12.4 Å². The van der Waals surface area contributed by atoms with Crippen molar-refractivity contribution in [2.75, 3.05) is 7.11 Å². The number of cyclic esters (lactones) is 1. The summed E-state index contributed by atoms with van der Waals surface area (Å²) in [7, 11) is 1.52. The van der Waals surface area contributed by atoms with Crippen molar-refractivity contribution in [3.8, 4) is 11.5 Å². The minimum absolute atomic E-state index is 0.145. The number of carbonyl (C=O) groups excluding carboxylic acids is 1. The Labute approximate surface area is 202 Å². The Kier molecular flexibility index (Phi) is 6.76. The van der Waals surface area contributed by atoms with Crippen LogP contribution in [-0.2, 0) is 16.1 Å². The van der Waals surface area contributed by atoms with E-state index in [1.807, 2.05) is 6.07 Å². The number of esters is 1. The quantitative estimate of drug-likeness (QED) is 0.209. The maximum atomic E-state index is 13.4. The summed E-state index contributed by atoms with van der Waals surface area (Å²) in [6.07, 6.45) is 1.60. The SMILES string of the molecule is COc1cc(/C=C2\N=C(c3ccccc3Cl)OC2=O)cc(I)c1OCc1cccc(F)c1. The number of hydrogen-bond donors (Lipinski definition) is 0. The van der Waals surface area contributed by atoms with Gasteiger partial charge in [0.15, 0.2) is 17.2 Å². The molecule has 0 amide bonds. The molecule has 0 saturated carbocycles. The molecule has 0 bridgehead atoms. The third kappa shape index (κ3) is 4.94. The van der Waals surface area contributed by atoms with Gasteiger partial charge in [-0.2, -0.15) is 0 Å². The van der Waals surface area contributed by atoms with E-state index < -0.39 is 5.97 Å². The number of nitrogens with zero attached hydrogens (tertiary/aromatic N) is 1. The number of aliphatic imine (C=N–C) groups is 1. The fraction of sp³-hybridized carbons (Fsp3) is 0.0833. The van der Waals surface area contributed by atoms with Gasteiger partial charge in [-0.15, -0.1) is 0 Å². The summed E-state index contributed by atoms with van der Waals surface area (Å²) >= 11 is 8.29. The molecule has 0 saturated heterocycles. The first-order chi connectivity index (χ1) is 15.4. The minimum Gasteiger partial charge on any atom is -0.493 e. The molecule has 32 heavy (non-hydrogen) atoms. The Hall–Kier alpha value is -2.91. The molecule has 0 spiro atoms. The topological polar surface area (TPSA) is 57.1 Å². The Balaban J connectivity index is 1.60. The lowest BCUT2D eigenvalue weighted by Crippen LogP contribution is -2.05. The highest BCUT2D eigenvalue weighted by Gasteiger charge is 2.25. The second-order valence-corrected chi connectivity index (χ2v) is 8.34. The van der Waals surface area contributed by atoms with E-state index in [1.165, 1.54) is 19.2 Å². The van der Waals surface area contributed by atoms with Gasteiger partial charge < -0.3 is 14.2 Å². The number of rotatable bonds is 6. The van der Waals surface area contributed by atoms with Gasteiger partial charge in [-0.05, 0) is 76.2 Å². The second-order valence-electron chi connectivity index (χ2n) is 6.77. The zero-order valence-corrected chi connectivity index (χ0v) is 19.7. The van der Waals surface area contributed by atoms with Crippen LogP contribution in [0.1, 0.15) is 16.7 Å². The first-order valence-electron chi connectivity index (χ1n) is 9.47. The monoisotopic (exact) mass is 563 g/mol. The fourth-order valence-electron chi connectivity index (χ4n) is 3.06. The van der Waals surface area contributed by atoms with Crippen LogP contribution in [0.4, 0.5) is 4.39 Å². The molecule has 4 rings (SSSR count). The van der Waals surface area contributed by atoms with Crippen molar-refractivity contribution in [1.82, 2.24) is 0 Å². The summed E-state index contributed by atoms with van der Waals surface area (Å²) < 4.78 is 30.8. The average Bonchev–Trinajstić information content (AvgIpc) is 3.13. The van der Waals surface area contributed by atoms with Crippen LogP contribution in [0.15, 0.2) is 71.4 Å². The van der Waals surface area contributed by atoms with Crippen LogP contribution in [-0.4, -0.2) is 19.0 Å². The summed E-state index contributed by atoms with van der Waals surface area (Å²) in [6.45, 7) is 0.183. The van der Waals surface area contributed by atoms with Crippen molar-refractivity contribution in [2.24, 2.45) is 4.99 Å². The van der Waals surface area contributed by atoms with Crippen LogP contribution in [0.3, 0.4) is 0 Å². The molecule has 3 aromatic carbocycles. The standard InChI is InChI=1S/C24H16ClFINO4/c1-30-21-12-15(10-19(27)22(21)31-13-14-5-4-6-16(26)9-14)11-20-24(29)32-23(28-20)17-7-2-3-8-18(17)25/h2-12H,13H2,1H3/b20-11-. The lowest BCUT2D eigenvalue weighted by atomic mass is 10.1. The number of hydrogen-bond acceptors (Lipinski definition) is 5. The van der Waals surface area contributed by atoms with Crippen LogP contribution in [0.25, 0.3) is 6.08 Å². The van der Waals surface area contributed by atoms with Crippen LogP contribution < -0.4 is 9.47 Å². The fourth-order valence-corrected chi connectivity index (χ4v) is 4.06. The number of carbonyl (C=O) groups is 1. The van der Waals surface area contributed by atoms with E-state index >= 15 is 0 Å². The molecule has 0 aliphatic carbocycles. The molecule has 0 atom stereocenters. The maximum absolute atomic E-state index is 13.4. The first kappa shape index (κ1) is 22.3. The molecular formula is C24H16ClFINO4. The Morgan fingerprint density at radius 3 is 2.72 bits per heavy atom. The lowest BCUT2D eigenvalue weighted by Gasteiger charge is -2.14. The third-order valence-electron chi connectivity index (χ3n) is 4.55. The predicted octanol–water partition coefficient (Wildman–Crippen LogP) is 6.02. The van der Waals surface area contributed by atoms with Gasteiger partial charge in [0.25, 0.3) is 0 Å². The van der Waals surface area contributed by atoms with E-state index in [0.717, 1.165) is 3.57 Å². The van der Waals surface area contributed by atoms with Gasteiger partial charge >= 0.3 is 5.97 Å². The van der Waals surface area contributed by atoms with Crippen molar-refractivity contribution >= 4 is 52.1 Å². The number of ether oxygens (including phenoxy) is 3. The lowest BCUT2D eigenvalue weighted by molar-refractivity contribution is -0.129. The summed E-state index contributed by atoms with van der Waals surface area (Å²) in [5.41, 5.74) is 2.06. The largest absolute Gasteiger partial charge is 0.493 e. The van der Waals surface area contributed by atoms with Gasteiger partial charge in [-0.25, -0.2) is 14.2 Å². The predicted molar refractivity (Wildman–Crippen MR) is 129 cm³/mol. The molecule has 1 heterocycles. The normalized spacial score (nSPS) is 14.3. The van der Waals surface area contributed by atoms with Gasteiger partial charge in [0.05, 0.1) is 21.3 Å². The minimum atomic E-state index is -0.569. The number of halogens is 3. The summed E-state index contributed by atoms with van der Waals surface area (Å²) in [5.74, 6) is 0.259. The molecule has 0 unspecified atom stereocenters. The smallest absolute Gasteiger partial charge is 0.363 e. The van der Waals surface area contributed by atoms with E-state index in [0.29, 0.717) is 33.2 Å². The van der Waals surface area contributed by atoms with Crippen molar-refractivity contribution in [3.05, 3.63) is 97.5 Å². The molecular weight excluding hydrogens is 548 g/mol. The first-order valence-corrected chi connectivity index (χ1v) is 10.9. The highest BCUT2D eigenvalue weighted by Crippen LogP contribution is 2.35. The van der Waals surface area contributed by atoms with E-state index in [2.05, 4.69) is 27.6 Å². The molecule has 3 aromatic rings. The van der Waals surface area contributed by atoms with E-state index in [9.17, 15) is 9.18 Å². The van der Waals surface area contributed by atoms with Crippen molar-refractivity contribution < 1.29 is 23.4 Å². The molecule has 8 heteroatoms. The molecule has 1 aliphatic heterocycles. The number of methoxy groups -OCH3 is 1. The number of benzene rings is 3. The Bertz CT molecular complexity index is 1260. The van der Waals surface area contributed by atoms with Gasteiger partial charge in [0.2, 0.25) is 5.90 Å². The van der Waals surface area contributed by atoms with Crippen molar-refractivity contribution in [2.45, 2.75) is 6.61 Å². The highest BCUT2D eigenvalue weighted by molar-refractivity contribution is 14.1. The van der Waals surface area contributed by atoms with Gasteiger partial charge in [-0.3, -0.25) is 0 Å². The molecule has 0 N–H and O–H groups in total. The molecule has 162 valence electrons. The zero-order chi connectivity index (χ0) is 22.7. The third-order valence-corrected chi connectivity index (χ3v) is 5.68. The van der Waals surface area contributed by atoms with E-state index in [4.69, 9.17) is 25.8 Å². The van der Waals surface area contributed by atoms with Gasteiger partial charge in [-0.1, -0.05) is 35.9 Å². The van der Waals surface area contributed by atoms with Gasteiger partial charge in [0, 0.05) is 0 Å². The Morgan fingerprint density at radius 2 is 1.97 bits per heavy atom. The van der Waals surface area contributed by atoms with E-state index in [-0.39, 0.29) is 24.0 Å². The maximum Gasteiger partial charge on any atom is 0.363 e. The van der Waals surface area contributed by atoms with E-state index in [1.54, 1.807) is 48.5 Å². The molecule has 5 nitrogen and oxygen atoms in total. The zero-order valence-electron chi connectivity index (χ0n) is 16.8. The summed E-state index contributed by atoms with van der Waals surface area (Å²) in [6, 6.07) is 16.8. The molecule has 0 radical (unpaired) electrons.